The highest BCUT2D eigenvalue weighted by Gasteiger charge is 2.23. The minimum absolute atomic E-state index is 0.0682. The lowest BCUT2D eigenvalue weighted by Gasteiger charge is -2.15. The molecular weight excluding hydrogens is 264 g/mol. The van der Waals surface area contributed by atoms with Crippen molar-refractivity contribution in [2.75, 3.05) is 6.61 Å². The van der Waals surface area contributed by atoms with Crippen LogP contribution in [0.25, 0.3) is 0 Å². The molecule has 2 aromatic rings. The summed E-state index contributed by atoms with van der Waals surface area (Å²) in [5.41, 5.74) is 3.13. The highest BCUT2D eigenvalue weighted by Crippen LogP contribution is 2.34. The third-order valence-corrected chi connectivity index (χ3v) is 3.70. The normalized spacial score (nSPS) is 16.3. The van der Waals surface area contributed by atoms with E-state index in [1.165, 1.54) is 11.1 Å². The van der Waals surface area contributed by atoms with E-state index in [0.29, 0.717) is 17.9 Å². The van der Waals surface area contributed by atoms with Gasteiger partial charge in [-0.1, -0.05) is 30.3 Å². The van der Waals surface area contributed by atoms with Crippen LogP contribution in [0.4, 0.5) is 0 Å². The van der Waals surface area contributed by atoms with Gasteiger partial charge in [-0.3, -0.25) is 0 Å². The second-order valence-corrected chi connectivity index (χ2v) is 5.09. The Morgan fingerprint density at radius 1 is 1.19 bits per heavy atom. The van der Waals surface area contributed by atoms with E-state index < -0.39 is 0 Å². The third kappa shape index (κ3) is 2.92. The molecule has 108 valence electrons. The highest BCUT2D eigenvalue weighted by atomic mass is 16.5. The number of aryl methyl sites for hydroxylation is 1. The van der Waals surface area contributed by atoms with Crippen LogP contribution < -0.4 is 4.74 Å². The van der Waals surface area contributed by atoms with Gasteiger partial charge in [-0.05, 0) is 49.1 Å². The maximum absolute atomic E-state index is 11.8. The lowest BCUT2D eigenvalue weighted by molar-refractivity contribution is 0.0525. The summed E-state index contributed by atoms with van der Waals surface area (Å²) in [5.74, 6) is 0.400. The third-order valence-electron chi connectivity index (χ3n) is 3.70. The molecule has 21 heavy (non-hydrogen) atoms. The highest BCUT2D eigenvalue weighted by molar-refractivity contribution is 5.89. The molecule has 3 heteroatoms. The molecule has 0 radical (unpaired) electrons. The van der Waals surface area contributed by atoms with Gasteiger partial charge in [0, 0.05) is 0 Å². The molecule has 2 aromatic carbocycles. The van der Waals surface area contributed by atoms with Crippen LogP contribution in [0.5, 0.6) is 5.75 Å². The van der Waals surface area contributed by atoms with E-state index in [4.69, 9.17) is 9.47 Å². The van der Waals surface area contributed by atoms with Gasteiger partial charge in [0.2, 0.25) is 0 Å². The number of carbonyl (C=O) groups is 1. The van der Waals surface area contributed by atoms with E-state index in [1.807, 2.05) is 18.2 Å². The molecule has 0 fully saturated rings. The Kier molecular flexibility index (Phi) is 3.91. The minimum atomic E-state index is -0.310. The first kappa shape index (κ1) is 13.7. The molecule has 0 aromatic heterocycles. The van der Waals surface area contributed by atoms with Crippen LogP contribution in [0.1, 0.15) is 40.9 Å². The van der Waals surface area contributed by atoms with Crippen molar-refractivity contribution in [3.05, 3.63) is 65.2 Å². The van der Waals surface area contributed by atoms with Crippen LogP contribution in [0.15, 0.2) is 48.5 Å². The molecular formula is C18H18O3. The van der Waals surface area contributed by atoms with Crippen LogP contribution in [0.2, 0.25) is 0 Å². The van der Waals surface area contributed by atoms with Gasteiger partial charge in [-0.2, -0.15) is 0 Å². The Bertz CT molecular complexity index is 648. The summed E-state index contributed by atoms with van der Waals surface area (Å²) in [6.07, 6.45) is 2.08. The molecule has 1 aliphatic carbocycles. The Morgan fingerprint density at radius 2 is 2.05 bits per heavy atom. The zero-order valence-corrected chi connectivity index (χ0v) is 12.0. The predicted molar refractivity (Wildman–Crippen MR) is 80.5 cm³/mol. The van der Waals surface area contributed by atoms with E-state index in [9.17, 15) is 4.79 Å². The monoisotopic (exact) mass is 282 g/mol. The molecule has 1 atom stereocenters. The lowest BCUT2D eigenvalue weighted by atomic mass is 10.1. The number of hydrogen-bond donors (Lipinski definition) is 0. The van der Waals surface area contributed by atoms with E-state index in [-0.39, 0.29) is 12.1 Å². The molecule has 0 saturated carbocycles. The van der Waals surface area contributed by atoms with Crippen molar-refractivity contribution in [2.45, 2.75) is 25.9 Å². The van der Waals surface area contributed by atoms with E-state index >= 15 is 0 Å². The summed E-state index contributed by atoms with van der Waals surface area (Å²) < 4.78 is 11.1. The summed E-state index contributed by atoms with van der Waals surface area (Å²) in [6.45, 7) is 2.17. The Labute approximate surface area is 124 Å². The summed E-state index contributed by atoms with van der Waals surface area (Å²) in [5, 5.41) is 0. The fourth-order valence-corrected chi connectivity index (χ4v) is 2.72. The average Bonchev–Trinajstić information content (AvgIpc) is 2.91. The van der Waals surface area contributed by atoms with Crippen molar-refractivity contribution in [3.63, 3.8) is 0 Å². The van der Waals surface area contributed by atoms with Gasteiger partial charge in [0.05, 0.1) is 12.2 Å². The molecule has 1 unspecified atom stereocenters. The predicted octanol–water partition coefficient (Wildman–Crippen LogP) is 3.93. The second kappa shape index (κ2) is 6.00. The number of fused-ring (bicyclic) bond motifs is 1. The zero-order chi connectivity index (χ0) is 14.7. The number of rotatable bonds is 4. The maximum atomic E-state index is 11.8. The first-order valence-electron chi connectivity index (χ1n) is 7.29. The smallest absolute Gasteiger partial charge is 0.338 e. The molecule has 0 N–H and O–H groups in total. The van der Waals surface area contributed by atoms with Gasteiger partial charge in [0.25, 0.3) is 0 Å². The number of carbonyl (C=O) groups excluding carboxylic acids is 1. The Morgan fingerprint density at radius 3 is 2.90 bits per heavy atom. The van der Waals surface area contributed by atoms with Gasteiger partial charge in [0.15, 0.2) is 0 Å². The first-order valence-corrected chi connectivity index (χ1v) is 7.29. The first-order chi connectivity index (χ1) is 10.3. The molecule has 0 bridgehead atoms. The second-order valence-electron chi connectivity index (χ2n) is 5.09. The van der Waals surface area contributed by atoms with Gasteiger partial charge in [-0.15, -0.1) is 0 Å². The fourth-order valence-electron chi connectivity index (χ4n) is 2.72. The molecule has 1 aliphatic rings. The van der Waals surface area contributed by atoms with E-state index in [1.54, 1.807) is 19.1 Å². The summed E-state index contributed by atoms with van der Waals surface area (Å²) in [6, 6.07) is 15.5. The standard InChI is InChI=1S/C18H18O3/c1-2-20-18(19)14-7-5-8-15(12-14)21-17-11-10-13-6-3-4-9-16(13)17/h3-9,12,17H,2,10-11H2,1H3. The summed E-state index contributed by atoms with van der Waals surface area (Å²) in [7, 11) is 0. The number of ether oxygens (including phenoxy) is 2. The van der Waals surface area contributed by atoms with Crippen molar-refractivity contribution in [1.82, 2.24) is 0 Å². The summed E-state index contributed by atoms with van der Waals surface area (Å²) in [4.78, 5) is 11.8. The Hall–Kier alpha value is -2.29. The largest absolute Gasteiger partial charge is 0.486 e. The quantitative estimate of drug-likeness (QED) is 0.797. The van der Waals surface area contributed by atoms with Gasteiger partial charge in [0.1, 0.15) is 11.9 Å². The van der Waals surface area contributed by atoms with Crippen LogP contribution in [0, 0.1) is 0 Å². The molecule has 3 nitrogen and oxygen atoms in total. The molecule has 0 aliphatic heterocycles. The SMILES string of the molecule is CCOC(=O)c1cccc(OC2CCc3ccccc32)c1. The van der Waals surface area contributed by atoms with Crippen LogP contribution in [-0.2, 0) is 11.2 Å². The number of hydrogen-bond acceptors (Lipinski definition) is 3. The zero-order valence-electron chi connectivity index (χ0n) is 12.0. The van der Waals surface area contributed by atoms with Crippen LogP contribution >= 0.6 is 0 Å². The van der Waals surface area contributed by atoms with Crippen LogP contribution in [-0.4, -0.2) is 12.6 Å². The van der Waals surface area contributed by atoms with Gasteiger partial charge >= 0.3 is 5.97 Å². The van der Waals surface area contributed by atoms with Crippen molar-refractivity contribution in [1.29, 1.82) is 0 Å². The van der Waals surface area contributed by atoms with Crippen molar-refractivity contribution < 1.29 is 14.3 Å². The Balaban J connectivity index is 1.77. The van der Waals surface area contributed by atoms with Gasteiger partial charge in [-0.25, -0.2) is 4.79 Å². The lowest BCUT2D eigenvalue weighted by Crippen LogP contribution is -2.06. The molecule has 0 spiro atoms. The molecule has 3 rings (SSSR count). The summed E-state index contributed by atoms with van der Waals surface area (Å²) >= 11 is 0. The molecule has 0 amide bonds. The average molecular weight is 282 g/mol. The van der Waals surface area contributed by atoms with Gasteiger partial charge < -0.3 is 9.47 Å². The molecule has 0 heterocycles. The van der Waals surface area contributed by atoms with E-state index in [2.05, 4.69) is 18.2 Å². The van der Waals surface area contributed by atoms with Crippen molar-refractivity contribution >= 4 is 5.97 Å². The number of esters is 1. The van der Waals surface area contributed by atoms with Crippen molar-refractivity contribution in [3.8, 4) is 5.75 Å². The molecule has 0 saturated heterocycles. The number of benzene rings is 2. The van der Waals surface area contributed by atoms with Crippen molar-refractivity contribution in [2.24, 2.45) is 0 Å². The van der Waals surface area contributed by atoms with Crippen LogP contribution in [0.3, 0.4) is 0 Å². The topological polar surface area (TPSA) is 35.5 Å². The van der Waals surface area contributed by atoms with E-state index in [0.717, 1.165) is 12.8 Å². The minimum Gasteiger partial charge on any atom is -0.486 e. The fraction of sp³-hybridized carbons (Fsp3) is 0.278. The maximum Gasteiger partial charge on any atom is 0.338 e.